The van der Waals surface area contributed by atoms with Crippen molar-refractivity contribution in [2.75, 3.05) is 19.5 Å². The zero-order valence-electron chi connectivity index (χ0n) is 12.7. The summed E-state index contributed by atoms with van der Waals surface area (Å²) in [5.41, 5.74) is 5.59. The number of ether oxygens (including phenoxy) is 3. The van der Waals surface area contributed by atoms with Crippen molar-refractivity contribution in [2.45, 2.75) is 6.92 Å². The number of carbonyl (C=O) groups is 1. The van der Waals surface area contributed by atoms with Crippen LogP contribution >= 0.6 is 11.6 Å². The molecular weight excluding hydrogens is 346 g/mol. The lowest BCUT2D eigenvalue weighted by atomic mass is 10.1. The minimum Gasteiger partial charge on any atom is -0.488 e. The van der Waals surface area contributed by atoms with E-state index in [2.05, 4.69) is 9.72 Å². The Hall–Kier alpha value is -2.61. The molecule has 0 saturated heterocycles. The molecule has 1 heterocycles. The number of carbonyl (C=O) groups excluding carboxylic acids is 1. The van der Waals surface area contributed by atoms with E-state index in [0.717, 1.165) is 19.2 Å². The highest BCUT2D eigenvalue weighted by Gasteiger charge is 2.20. The highest BCUT2D eigenvalue weighted by Crippen LogP contribution is 2.36. The molecule has 0 radical (unpaired) electrons. The van der Waals surface area contributed by atoms with Crippen LogP contribution in [-0.4, -0.2) is 24.9 Å². The first-order valence-electron chi connectivity index (χ1n) is 6.72. The third kappa shape index (κ3) is 3.48. The van der Waals surface area contributed by atoms with Gasteiger partial charge in [0.2, 0.25) is 5.88 Å². The molecule has 9 heteroatoms. The second kappa shape index (κ2) is 7.31. The Balaban J connectivity index is 2.57. The number of nitrogen functional groups attached to an aromatic ring is 1. The molecule has 0 amide bonds. The summed E-state index contributed by atoms with van der Waals surface area (Å²) in [4.78, 5) is 15.1. The van der Waals surface area contributed by atoms with E-state index in [4.69, 9.17) is 26.8 Å². The molecule has 2 N–H and O–H groups in total. The Morgan fingerprint density at radius 2 is 2.08 bits per heavy atom. The van der Waals surface area contributed by atoms with Gasteiger partial charge in [-0.05, 0) is 25.1 Å². The normalized spacial score (nSPS) is 10.4. The van der Waals surface area contributed by atoms with Crippen molar-refractivity contribution in [1.82, 2.24) is 4.98 Å². The average molecular weight is 359 g/mol. The number of rotatable bonds is 4. The van der Waals surface area contributed by atoms with E-state index in [1.807, 2.05) is 0 Å². The van der Waals surface area contributed by atoms with E-state index in [1.54, 1.807) is 6.92 Å². The first-order valence-corrected chi connectivity index (χ1v) is 7.09. The van der Waals surface area contributed by atoms with Crippen molar-refractivity contribution in [3.63, 3.8) is 0 Å². The lowest BCUT2D eigenvalue weighted by Crippen LogP contribution is -2.10. The largest absolute Gasteiger partial charge is 0.514 e. The zero-order valence-corrected chi connectivity index (χ0v) is 13.5. The van der Waals surface area contributed by atoms with Crippen LogP contribution in [-0.2, 0) is 4.74 Å². The highest BCUT2D eigenvalue weighted by molar-refractivity contribution is 6.34. The van der Waals surface area contributed by atoms with Gasteiger partial charge in [-0.1, -0.05) is 11.6 Å². The van der Waals surface area contributed by atoms with Gasteiger partial charge >= 0.3 is 6.16 Å². The number of halogens is 3. The maximum Gasteiger partial charge on any atom is 0.514 e. The first kappa shape index (κ1) is 17.7. The van der Waals surface area contributed by atoms with Gasteiger partial charge in [0.25, 0.3) is 0 Å². The van der Waals surface area contributed by atoms with Gasteiger partial charge in [-0.25, -0.2) is 18.6 Å². The van der Waals surface area contributed by atoms with Crippen LogP contribution in [0.1, 0.15) is 6.92 Å². The van der Waals surface area contributed by atoms with Crippen LogP contribution in [0, 0.1) is 11.6 Å². The molecule has 2 aromatic rings. The van der Waals surface area contributed by atoms with E-state index >= 15 is 0 Å². The summed E-state index contributed by atoms with van der Waals surface area (Å²) in [7, 11) is 1.09. The molecule has 128 valence electrons. The van der Waals surface area contributed by atoms with E-state index in [1.165, 1.54) is 6.07 Å². The predicted octanol–water partition coefficient (Wildman–Crippen LogP) is 3.81. The molecule has 0 bridgehead atoms. The molecule has 6 nitrogen and oxygen atoms in total. The zero-order chi connectivity index (χ0) is 17.9. The molecule has 0 aliphatic heterocycles. The highest BCUT2D eigenvalue weighted by atomic mass is 35.5. The molecule has 24 heavy (non-hydrogen) atoms. The van der Waals surface area contributed by atoms with Crippen molar-refractivity contribution < 1.29 is 27.8 Å². The maximum absolute atomic E-state index is 14.5. The van der Waals surface area contributed by atoms with E-state index in [0.29, 0.717) is 0 Å². The van der Waals surface area contributed by atoms with Crippen molar-refractivity contribution in [3.05, 3.63) is 34.9 Å². The van der Waals surface area contributed by atoms with E-state index < -0.39 is 23.5 Å². The first-order chi connectivity index (χ1) is 11.4. The van der Waals surface area contributed by atoms with Crippen LogP contribution in [0.2, 0.25) is 5.02 Å². The minimum absolute atomic E-state index is 0.0118. The quantitative estimate of drug-likeness (QED) is 0.837. The Morgan fingerprint density at radius 1 is 1.38 bits per heavy atom. The summed E-state index contributed by atoms with van der Waals surface area (Å²) in [6.45, 7) is 1.66. The Bertz CT molecular complexity index is 787. The fourth-order valence-corrected chi connectivity index (χ4v) is 1.99. The van der Waals surface area contributed by atoms with Gasteiger partial charge in [-0.3, -0.25) is 0 Å². The number of anilines is 1. The van der Waals surface area contributed by atoms with Crippen molar-refractivity contribution in [2.24, 2.45) is 0 Å². The number of methoxy groups -OCH3 is 1. The Morgan fingerprint density at radius 3 is 2.71 bits per heavy atom. The number of nitrogens with two attached hydrogens (primary N) is 1. The number of pyridine rings is 1. The summed E-state index contributed by atoms with van der Waals surface area (Å²) in [6.07, 6.45) is -1.07. The molecule has 0 aliphatic carbocycles. The molecule has 0 spiro atoms. The van der Waals surface area contributed by atoms with Gasteiger partial charge in [-0.15, -0.1) is 0 Å². The summed E-state index contributed by atoms with van der Waals surface area (Å²) in [6, 6.07) is 3.44. The molecule has 0 atom stereocenters. The van der Waals surface area contributed by atoms with Gasteiger partial charge in [0, 0.05) is 5.56 Å². The maximum atomic E-state index is 14.5. The number of aromatic nitrogens is 1. The van der Waals surface area contributed by atoms with Crippen LogP contribution in [0.15, 0.2) is 18.2 Å². The second-order valence-corrected chi connectivity index (χ2v) is 4.82. The average Bonchev–Trinajstić information content (AvgIpc) is 2.55. The molecule has 0 saturated carbocycles. The van der Waals surface area contributed by atoms with Crippen LogP contribution in [0.5, 0.6) is 11.6 Å². The lowest BCUT2D eigenvalue weighted by molar-refractivity contribution is 0.120. The molecular formula is C15H13ClF2N2O4. The van der Waals surface area contributed by atoms with Crippen LogP contribution < -0.4 is 15.2 Å². The number of nitrogens with zero attached hydrogens (tertiary/aromatic N) is 1. The second-order valence-electron chi connectivity index (χ2n) is 4.44. The monoisotopic (exact) mass is 358 g/mol. The van der Waals surface area contributed by atoms with Gasteiger partial charge in [0.15, 0.2) is 17.4 Å². The fraction of sp³-hybridized carbons (Fsp3) is 0.200. The third-order valence-electron chi connectivity index (χ3n) is 2.92. The molecule has 0 unspecified atom stereocenters. The van der Waals surface area contributed by atoms with Gasteiger partial charge in [-0.2, -0.15) is 0 Å². The number of benzene rings is 1. The SMILES string of the molecule is CCOc1c(F)ccc(-c2cc(N)c(Cl)c(OC(=O)OC)n2)c1F. The topological polar surface area (TPSA) is 83.7 Å². The summed E-state index contributed by atoms with van der Waals surface area (Å²) < 4.78 is 42.2. The number of hydrogen-bond acceptors (Lipinski definition) is 6. The number of hydrogen-bond donors (Lipinski definition) is 1. The third-order valence-corrected chi connectivity index (χ3v) is 3.30. The van der Waals surface area contributed by atoms with Crippen molar-refractivity contribution in [1.29, 1.82) is 0 Å². The van der Waals surface area contributed by atoms with Gasteiger partial charge < -0.3 is 19.9 Å². The van der Waals surface area contributed by atoms with Crippen molar-refractivity contribution >= 4 is 23.4 Å². The fourth-order valence-electron chi connectivity index (χ4n) is 1.86. The Kier molecular flexibility index (Phi) is 5.40. The van der Waals surface area contributed by atoms with Crippen molar-refractivity contribution in [3.8, 4) is 22.9 Å². The smallest absolute Gasteiger partial charge is 0.488 e. The predicted molar refractivity (Wildman–Crippen MR) is 83.2 cm³/mol. The lowest BCUT2D eigenvalue weighted by Gasteiger charge is -2.12. The standard InChI is InChI=1S/C15H13ClF2N2O4/c1-3-23-13-8(17)5-4-7(12(13)18)10-6-9(19)11(16)14(20-10)24-15(21)22-2/h4-6H,3H2,1-2H3,(H2,19,20). The molecule has 0 fully saturated rings. The van der Waals surface area contributed by atoms with Crippen LogP contribution in [0.3, 0.4) is 0 Å². The molecule has 1 aromatic carbocycles. The van der Waals surface area contributed by atoms with E-state index in [9.17, 15) is 13.6 Å². The molecule has 2 rings (SSSR count). The summed E-state index contributed by atoms with van der Waals surface area (Å²) in [5, 5.41) is -0.142. The molecule has 1 aromatic heterocycles. The van der Waals surface area contributed by atoms with E-state index in [-0.39, 0.29) is 34.5 Å². The summed E-state index contributed by atoms with van der Waals surface area (Å²) in [5.74, 6) is -2.72. The molecule has 0 aliphatic rings. The van der Waals surface area contributed by atoms with Gasteiger partial charge in [0.05, 0.1) is 25.1 Å². The van der Waals surface area contributed by atoms with Gasteiger partial charge in [0.1, 0.15) is 5.02 Å². The Labute approximate surface area is 141 Å². The van der Waals surface area contributed by atoms with Crippen LogP contribution in [0.4, 0.5) is 19.3 Å². The minimum atomic E-state index is -1.07. The summed E-state index contributed by atoms with van der Waals surface area (Å²) >= 11 is 5.90. The van der Waals surface area contributed by atoms with Crippen LogP contribution in [0.25, 0.3) is 11.3 Å².